The molecule has 0 radical (unpaired) electrons. The minimum atomic E-state index is -2.98. The highest BCUT2D eigenvalue weighted by molar-refractivity contribution is 6.30. The molecule has 1 aliphatic rings. The molecule has 164 valence electrons. The van der Waals surface area contributed by atoms with E-state index in [2.05, 4.69) is 10.1 Å². The highest BCUT2D eigenvalue weighted by Crippen LogP contribution is 2.32. The molecule has 4 rings (SSSR count). The van der Waals surface area contributed by atoms with Crippen LogP contribution in [0.1, 0.15) is 28.9 Å². The number of hydrogen-bond acceptors (Lipinski definition) is 6. The summed E-state index contributed by atoms with van der Waals surface area (Å²) in [6.07, 6.45) is 0.465. The van der Waals surface area contributed by atoms with Crippen LogP contribution in [0.5, 0.6) is 0 Å². The van der Waals surface area contributed by atoms with Crippen molar-refractivity contribution in [3.63, 3.8) is 0 Å². The van der Waals surface area contributed by atoms with Crippen LogP contribution in [0.25, 0.3) is 17.8 Å². The molecule has 2 aromatic heterocycles. The highest BCUT2D eigenvalue weighted by atomic mass is 35.5. The van der Waals surface area contributed by atoms with Gasteiger partial charge in [-0.3, -0.25) is 0 Å². The Hall–Kier alpha value is -3.42. The molecule has 1 aliphatic heterocycles. The third-order valence-corrected chi connectivity index (χ3v) is 5.45. The van der Waals surface area contributed by atoms with Crippen molar-refractivity contribution in [1.29, 1.82) is 10.7 Å². The Bertz CT molecular complexity index is 1410. The maximum absolute atomic E-state index is 14.2. The molecule has 0 spiro atoms. The minimum Gasteiger partial charge on any atom is -0.389 e. The smallest absolute Gasteiger partial charge is 0.283 e. The molecular formula is C21H16ClF3N6O. The summed E-state index contributed by atoms with van der Waals surface area (Å²) in [4.78, 5) is 6.05. The van der Waals surface area contributed by atoms with Gasteiger partial charge < -0.3 is 15.4 Å². The van der Waals surface area contributed by atoms with Gasteiger partial charge in [-0.05, 0) is 41.6 Å². The van der Waals surface area contributed by atoms with E-state index >= 15 is 0 Å². The second kappa shape index (κ2) is 8.26. The van der Waals surface area contributed by atoms with Crippen LogP contribution >= 0.6 is 11.6 Å². The zero-order chi connectivity index (χ0) is 23.2. The van der Waals surface area contributed by atoms with E-state index < -0.39 is 24.0 Å². The molecule has 0 unspecified atom stereocenters. The standard InChI is InChI=1S/C21H16ClF3N6O/c1-10-14(4-12-6-17(23)16(22)5-11(12)2-3-26)21(30-8-13(32)9-30)31-20(28-10)15(7-27)18(29-31)19(24)25/h2-6,13,19,26,32H,8-9H2,1H3/b11-2-,12-4+,26-3?. The number of nitriles is 1. The molecular weight excluding hydrogens is 445 g/mol. The van der Waals surface area contributed by atoms with Crippen LogP contribution in [0.4, 0.5) is 19.0 Å². The molecule has 7 nitrogen and oxygen atoms in total. The molecule has 3 aromatic rings. The lowest BCUT2D eigenvalue weighted by molar-refractivity contribution is 0.139. The van der Waals surface area contributed by atoms with E-state index in [0.717, 1.165) is 10.7 Å². The average Bonchev–Trinajstić information content (AvgIpc) is 3.08. The molecule has 0 aliphatic carbocycles. The molecule has 11 heteroatoms. The summed E-state index contributed by atoms with van der Waals surface area (Å²) in [6, 6.07) is 4.32. The Labute approximate surface area is 184 Å². The Morgan fingerprint density at radius 3 is 2.66 bits per heavy atom. The second-order valence-electron chi connectivity index (χ2n) is 7.27. The number of anilines is 1. The van der Waals surface area contributed by atoms with Gasteiger partial charge in [-0.15, -0.1) is 0 Å². The highest BCUT2D eigenvalue weighted by Gasteiger charge is 2.32. The summed E-state index contributed by atoms with van der Waals surface area (Å²) in [5.41, 5.74) is -0.204. The molecule has 0 atom stereocenters. The van der Waals surface area contributed by atoms with Crippen LogP contribution < -0.4 is 15.3 Å². The maximum atomic E-state index is 14.2. The maximum Gasteiger partial charge on any atom is 0.283 e. The number of aryl methyl sites for hydroxylation is 1. The van der Waals surface area contributed by atoms with Crippen LogP contribution in [0, 0.1) is 29.5 Å². The van der Waals surface area contributed by atoms with Crippen LogP contribution in [0.3, 0.4) is 0 Å². The Morgan fingerprint density at radius 1 is 1.34 bits per heavy atom. The van der Waals surface area contributed by atoms with Crippen molar-refractivity contribution in [2.45, 2.75) is 19.5 Å². The Kier molecular flexibility index (Phi) is 5.62. The van der Waals surface area contributed by atoms with Gasteiger partial charge >= 0.3 is 0 Å². The summed E-state index contributed by atoms with van der Waals surface area (Å²) in [5.74, 6) is -0.323. The molecule has 1 fully saturated rings. The summed E-state index contributed by atoms with van der Waals surface area (Å²) in [5, 5.41) is 31.3. The molecule has 2 N–H and O–H groups in total. The van der Waals surface area contributed by atoms with Gasteiger partial charge in [0.05, 0.1) is 16.8 Å². The fourth-order valence-electron chi connectivity index (χ4n) is 3.63. The van der Waals surface area contributed by atoms with Crippen molar-refractivity contribution in [2.75, 3.05) is 18.0 Å². The molecule has 1 aromatic carbocycles. The number of aromatic nitrogens is 3. The summed E-state index contributed by atoms with van der Waals surface area (Å²) in [7, 11) is 0. The van der Waals surface area contributed by atoms with E-state index in [9.17, 15) is 23.5 Å². The quantitative estimate of drug-likeness (QED) is 0.580. The second-order valence-corrected chi connectivity index (χ2v) is 7.68. The molecule has 0 amide bonds. The zero-order valence-corrected chi connectivity index (χ0v) is 17.4. The Balaban J connectivity index is 2.10. The number of β-amino-alcohol motifs (C(OH)–C–C–N with tert-alkyl or cyclic N) is 1. The predicted molar refractivity (Wildman–Crippen MR) is 113 cm³/mol. The number of fused-ring (bicyclic) bond motifs is 1. The first-order valence-electron chi connectivity index (χ1n) is 9.47. The number of halogens is 4. The molecule has 3 heterocycles. The average molecular weight is 461 g/mol. The van der Waals surface area contributed by atoms with E-state index in [0.29, 0.717) is 27.5 Å². The number of alkyl halides is 2. The fourth-order valence-corrected chi connectivity index (χ4v) is 3.80. The lowest BCUT2D eigenvalue weighted by atomic mass is 10.1. The number of aliphatic hydroxyl groups is 1. The lowest BCUT2D eigenvalue weighted by Crippen LogP contribution is -2.52. The molecule has 1 saturated heterocycles. The van der Waals surface area contributed by atoms with Crippen LogP contribution in [0.2, 0.25) is 5.02 Å². The first-order valence-corrected chi connectivity index (χ1v) is 9.85. The first-order chi connectivity index (χ1) is 15.2. The van der Waals surface area contributed by atoms with Crippen LogP contribution in [-0.2, 0) is 0 Å². The zero-order valence-electron chi connectivity index (χ0n) is 16.7. The van der Waals surface area contributed by atoms with Crippen molar-refractivity contribution in [3.8, 4) is 6.07 Å². The van der Waals surface area contributed by atoms with Gasteiger partial charge in [-0.25, -0.2) is 18.2 Å². The van der Waals surface area contributed by atoms with Crippen LogP contribution in [-0.4, -0.2) is 45.1 Å². The van der Waals surface area contributed by atoms with Gasteiger partial charge in [0, 0.05) is 24.9 Å². The monoisotopic (exact) mass is 460 g/mol. The topological polar surface area (TPSA) is 101 Å². The van der Waals surface area contributed by atoms with E-state index in [1.165, 1.54) is 18.2 Å². The minimum absolute atomic E-state index is 0.0256. The van der Waals surface area contributed by atoms with Crippen molar-refractivity contribution in [2.24, 2.45) is 0 Å². The van der Waals surface area contributed by atoms with Crippen LogP contribution in [0.15, 0.2) is 12.1 Å². The molecule has 0 bridgehead atoms. The summed E-state index contributed by atoms with van der Waals surface area (Å²) >= 11 is 5.88. The fraction of sp³-hybridized carbons (Fsp3) is 0.238. The normalized spacial score (nSPS) is 15.5. The van der Waals surface area contributed by atoms with Crippen molar-refractivity contribution >= 4 is 41.4 Å². The largest absolute Gasteiger partial charge is 0.389 e. The van der Waals surface area contributed by atoms with Gasteiger partial charge in [0.1, 0.15) is 29.0 Å². The van der Waals surface area contributed by atoms with E-state index in [-0.39, 0.29) is 29.3 Å². The number of rotatable bonds is 4. The van der Waals surface area contributed by atoms with Gasteiger partial charge in [0.2, 0.25) is 0 Å². The van der Waals surface area contributed by atoms with Crippen molar-refractivity contribution in [3.05, 3.63) is 55.9 Å². The van der Waals surface area contributed by atoms with E-state index in [1.54, 1.807) is 24.0 Å². The molecule has 0 saturated carbocycles. The SMILES string of the molecule is Cc1nc2c(C#N)c(C(F)F)nn2c(N2CC(O)C2)c1/C=c1\cc(F)c(Cl)c\c1=C\C=N. The number of hydrogen-bond donors (Lipinski definition) is 2. The van der Waals surface area contributed by atoms with Crippen molar-refractivity contribution in [1.82, 2.24) is 14.6 Å². The summed E-state index contributed by atoms with van der Waals surface area (Å²) in [6.45, 7) is 2.08. The third-order valence-electron chi connectivity index (χ3n) is 5.16. The molecule has 32 heavy (non-hydrogen) atoms. The number of nitrogens with zero attached hydrogens (tertiary/aromatic N) is 5. The van der Waals surface area contributed by atoms with E-state index in [1.807, 2.05) is 0 Å². The summed E-state index contributed by atoms with van der Waals surface area (Å²) < 4.78 is 42.4. The van der Waals surface area contributed by atoms with Crippen molar-refractivity contribution < 1.29 is 18.3 Å². The van der Waals surface area contributed by atoms with Gasteiger partial charge in [-0.2, -0.15) is 14.9 Å². The number of aliphatic hydroxyl groups excluding tert-OH is 1. The van der Waals surface area contributed by atoms with Gasteiger partial charge in [-0.1, -0.05) is 11.6 Å². The van der Waals surface area contributed by atoms with E-state index in [4.69, 9.17) is 17.0 Å². The van der Waals surface area contributed by atoms with Gasteiger partial charge in [0.15, 0.2) is 5.65 Å². The predicted octanol–water partition coefficient (Wildman–Crippen LogP) is 2.08. The number of benzene rings is 1. The third kappa shape index (κ3) is 3.59. The van der Waals surface area contributed by atoms with Gasteiger partial charge in [0.25, 0.3) is 6.43 Å². The first kappa shape index (κ1) is 21.8. The Morgan fingerprint density at radius 2 is 2.06 bits per heavy atom. The lowest BCUT2D eigenvalue weighted by Gasteiger charge is -2.38. The number of nitrogens with one attached hydrogen (secondary N) is 1.